The highest BCUT2D eigenvalue weighted by Gasteiger charge is 2.54. The lowest BCUT2D eigenvalue weighted by Crippen LogP contribution is -2.43. The number of hydrogen-bond acceptors (Lipinski definition) is 5. The van der Waals surface area contributed by atoms with Gasteiger partial charge >= 0.3 is 0 Å². The molecule has 6 heteroatoms. The van der Waals surface area contributed by atoms with Crippen molar-refractivity contribution in [3.63, 3.8) is 0 Å². The lowest BCUT2D eigenvalue weighted by atomic mass is 9.73. The Morgan fingerprint density at radius 2 is 2.26 bits per heavy atom. The van der Waals surface area contributed by atoms with Gasteiger partial charge in [0.1, 0.15) is 0 Å². The number of ether oxygens (including phenoxy) is 2. The molecule has 3 unspecified atom stereocenters. The molecule has 1 aromatic rings. The van der Waals surface area contributed by atoms with Crippen LogP contribution in [-0.2, 0) is 11.3 Å². The molecule has 1 N–H and O–H groups in total. The van der Waals surface area contributed by atoms with Gasteiger partial charge in [-0.2, -0.15) is 0 Å². The number of benzene rings is 1. The molecule has 3 atom stereocenters. The molecule has 1 aromatic carbocycles. The number of methoxy groups -OCH3 is 2. The predicted octanol–water partition coefficient (Wildman–Crippen LogP) is 3.36. The van der Waals surface area contributed by atoms with Gasteiger partial charge in [0.05, 0.1) is 30.6 Å². The van der Waals surface area contributed by atoms with E-state index in [0.29, 0.717) is 24.0 Å². The zero-order chi connectivity index (χ0) is 18.9. The second-order valence-corrected chi connectivity index (χ2v) is 8.37. The summed E-state index contributed by atoms with van der Waals surface area (Å²) in [4.78, 5) is 17.6. The minimum Gasteiger partial charge on any atom is -0.493 e. The number of allylic oxidation sites excluding steroid dienone is 3. The summed E-state index contributed by atoms with van der Waals surface area (Å²) in [6.45, 7) is 0.427. The maximum absolute atomic E-state index is 13.0. The fourth-order valence-corrected chi connectivity index (χ4v) is 6.16. The van der Waals surface area contributed by atoms with Crippen molar-refractivity contribution < 1.29 is 14.3 Å². The number of para-hydroxylation sites is 1. The zero-order valence-electron chi connectivity index (χ0n) is 15.6. The van der Waals surface area contributed by atoms with Crippen LogP contribution >= 0.6 is 11.8 Å². The molecule has 3 aliphatic rings. The Kier molecular flexibility index (Phi) is 5.00. The topological polar surface area (TPSA) is 59.9 Å². The Morgan fingerprint density at radius 3 is 3.07 bits per heavy atom. The van der Waals surface area contributed by atoms with Crippen molar-refractivity contribution in [2.75, 3.05) is 20.0 Å². The van der Waals surface area contributed by atoms with Crippen LogP contribution in [0.25, 0.3) is 0 Å². The minimum atomic E-state index is -0.0286. The highest BCUT2D eigenvalue weighted by molar-refractivity contribution is 8.01. The van der Waals surface area contributed by atoms with E-state index < -0.39 is 0 Å². The summed E-state index contributed by atoms with van der Waals surface area (Å²) >= 11 is 1.89. The molecule has 0 aromatic heterocycles. The van der Waals surface area contributed by atoms with Crippen molar-refractivity contribution in [2.45, 2.75) is 24.1 Å². The fourth-order valence-electron chi connectivity index (χ4n) is 4.35. The van der Waals surface area contributed by atoms with Gasteiger partial charge in [-0.3, -0.25) is 9.79 Å². The molecule has 1 amide bonds. The maximum atomic E-state index is 13.0. The number of hydrogen-bond donors (Lipinski definition) is 1. The van der Waals surface area contributed by atoms with Gasteiger partial charge in [-0.25, -0.2) is 0 Å². The number of carbonyl (C=O) groups excluding carboxylic acids is 1. The fraction of sp³-hybridized carbons (Fsp3) is 0.429. The summed E-state index contributed by atoms with van der Waals surface area (Å²) in [7, 11) is 3.23. The normalized spacial score (nSPS) is 28.1. The molecule has 0 saturated carbocycles. The van der Waals surface area contributed by atoms with Gasteiger partial charge in [-0.15, -0.1) is 11.8 Å². The first-order valence-electron chi connectivity index (χ1n) is 9.21. The molecule has 1 saturated heterocycles. The van der Waals surface area contributed by atoms with Crippen molar-refractivity contribution in [3.05, 3.63) is 47.7 Å². The van der Waals surface area contributed by atoms with E-state index in [9.17, 15) is 4.79 Å². The number of thioether (sulfide) groups is 1. The standard InChI is InChI=1S/C21H24N2O3S/c1-25-17-7-5-6-14(19(17)26-2)12-23-20(24)15-13-27-21-10-4-3-8-18(21)22-11-9-16(15)21/h3-8,11,15-16H,9-10,12-13H2,1-2H3,(H,23,24). The van der Waals surface area contributed by atoms with Crippen LogP contribution < -0.4 is 14.8 Å². The third-order valence-electron chi connectivity index (χ3n) is 5.71. The minimum absolute atomic E-state index is 0.00625. The van der Waals surface area contributed by atoms with E-state index in [2.05, 4.69) is 28.5 Å². The van der Waals surface area contributed by atoms with Crippen LogP contribution in [0.5, 0.6) is 11.5 Å². The molecular formula is C21H24N2O3S. The molecule has 2 heterocycles. The van der Waals surface area contributed by atoms with Gasteiger partial charge < -0.3 is 14.8 Å². The monoisotopic (exact) mass is 384 g/mol. The maximum Gasteiger partial charge on any atom is 0.224 e. The van der Waals surface area contributed by atoms with Crippen LogP contribution in [0, 0.1) is 11.8 Å². The molecule has 1 spiro atoms. The van der Waals surface area contributed by atoms with E-state index in [1.165, 1.54) is 0 Å². The molecule has 4 rings (SSSR count). The molecule has 0 radical (unpaired) electrons. The number of rotatable bonds is 5. The summed E-state index contributed by atoms with van der Waals surface area (Å²) in [5, 5.41) is 3.12. The SMILES string of the molecule is COc1cccc(CNC(=O)C2CSC34CC=CC=C3N=CCC24)c1OC. The summed E-state index contributed by atoms with van der Waals surface area (Å²) in [5.41, 5.74) is 2.04. The third-order valence-corrected chi connectivity index (χ3v) is 7.43. The van der Waals surface area contributed by atoms with E-state index in [1.807, 2.05) is 36.2 Å². The van der Waals surface area contributed by atoms with Gasteiger partial charge in [-0.05, 0) is 30.9 Å². The average Bonchev–Trinajstić information content (AvgIpc) is 3.09. The molecule has 1 aliphatic carbocycles. The number of nitrogens with one attached hydrogen (secondary N) is 1. The zero-order valence-corrected chi connectivity index (χ0v) is 16.4. The predicted molar refractivity (Wildman–Crippen MR) is 109 cm³/mol. The van der Waals surface area contributed by atoms with E-state index in [4.69, 9.17) is 9.47 Å². The quantitative estimate of drug-likeness (QED) is 0.846. The molecule has 1 fully saturated rings. The molecule has 27 heavy (non-hydrogen) atoms. The lowest BCUT2D eigenvalue weighted by molar-refractivity contribution is -0.126. The van der Waals surface area contributed by atoms with Gasteiger partial charge in [0, 0.05) is 24.1 Å². The van der Waals surface area contributed by atoms with Crippen molar-refractivity contribution in [3.8, 4) is 11.5 Å². The second-order valence-electron chi connectivity index (χ2n) is 7.02. The Labute approximate surface area is 163 Å². The van der Waals surface area contributed by atoms with Crippen LogP contribution in [-0.4, -0.2) is 36.8 Å². The number of carbonyl (C=O) groups is 1. The van der Waals surface area contributed by atoms with E-state index in [-0.39, 0.29) is 16.6 Å². The Hall–Kier alpha value is -2.21. The number of aliphatic imine (C=N–C) groups is 1. The summed E-state index contributed by atoms with van der Waals surface area (Å²) < 4.78 is 10.8. The largest absolute Gasteiger partial charge is 0.493 e. The van der Waals surface area contributed by atoms with Crippen molar-refractivity contribution in [1.82, 2.24) is 5.32 Å². The van der Waals surface area contributed by atoms with Gasteiger partial charge in [0.15, 0.2) is 11.5 Å². The highest BCUT2D eigenvalue weighted by Crippen LogP contribution is 2.57. The van der Waals surface area contributed by atoms with E-state index >= 15 is 0 Å². The Bertz CT molecular complexity index is 833. The van der Waals surface area contributed by atoms with Crippen LogP contribution in [0.15, 0.2) is 47.1 Å². The van der Waals surface area contributed by atoms with Crippen molar-refractivity contribution in [2.24, 2.45) is 16.8 Å². The first-order valence-corrected chi connectivity index (χ1v) is 10.2. The summed E-state index contributed by atoms with van der Waals surface area (Å²) in [6, 6.07) is 5.71. The number of amides is 1. The smallest absolute Gasteiger partial charge is 0.224 e. The summed E-state index contributed by atoms with van der Waals surface area (Å²) in [6.07, 6.45) is 10.2. The van der Waals surface area contributed by atoms with Crippen LogP contribution in [0.2, 0.25) is 0 Å². The molecule has 0 bridgehead atoms. The molecule has 142 valence electrons. The second kappa shape index (κ2) is 7.43. The van der Waals surface area contributed by atoms with Crippen molar-refractivity contribution >= 4 is 23.9 Å². The van der Waals surface area contributed by atoms with Gasteiger partial charge in [0.25, 0.3) is 0 Å². The van der Waals surface area contributed by atoms with E-state index in [0.717, 1.165) is 29.9 Å². The van der Waals surface area contributed by atoms with Gasteiger partial charge in [-0.1, -0.05) is 24.3 Å². The summed E-state index contributed by atoms with van der Waals surface area (Å²) in [5.74, 6) is 2.58. The average molecular weight is 385 g/mol. The Morgan fingerprint density at radius 1 is 1.37 bits per heavy atom. The third kappa shape index (κ3) is 3.06. The highest BCUT2D eigenvalue weighted by atomic mass is 32.2. The molecular weight excluding hydrogens is 360 g/mol. The van der Waals surface area contributed by atoms with Crippen LogP contribution in [0.4, 0.5) is 0 Å². The lowest BCUT2D eigenvalue weighted by Gasteiger charge is -2.39. The van der Waals surface area contributed by atoms with E-state index in [1.54, 1.807) is 14.2 Å². The Balaban J connectivity index is 1.48. The van der Waals surface area contributed by atoms with Crippen LogP contribution in [0.3, 0.4) is 0 Å². The van der Waals surface area contributed by atoms with Gasteiger partial charge in [0.2, 0.25) is 5.91 Å². The molecule has 2 aliphatic heterocycles. The van der Waals surface area contributed by atoms with Crippen LogP contribution in [0.1, 0.15) is 18.4 Å². The first kappa shape index (κ1) is 18.2. The molecule has 5 nitrogen and oxygen atoms in total. The first-order chi connectivity index (χ1) is 13.2. The van der Waals surface area contributed by atoms with Crippen molar-refractivity contribution in [1.29, 1.82) is 0 Å². The number of nitrogens with zero attached hydrogens (tertiary/aromatic N) is 1.